The molecule has 3 nitrogen and oxygen atoms in total. The van der Waals surface area contributed by atoms with Gasteiger partial charge >= 0.3 is 0 Å². The maximum Gasteiger partial charge on any atom is 0.200 e. The summed E-state index contributed by atoms with van der Waals surface area (Å²) in [6.45, 7) is 6.01. The van der Waals surface area contributed by atoms with E-state index in [9.17, 15) is 5.11 Å². The standard InChI is InChI=1S/C24H47N2O/c1-4-5-6-7-8-9-10-11-12-13-14-15-16-17-18-19-20-24-25-21-22-26(24,3)23(2)27/h11-12,23,27H,4-10,13-22H2,1-3H3/q+1. The molecule has 0 saturated carbocycles. The van der Waals surface area contributed by atoms with E-state index in [-0.39, 0.29) is 6.23 Å². The van der Waals surface area contributed by atoms with Crippen LogP contribution in [0.25, 0.3) is 0 Å². The van der Waals surface area contributed by atoms with Gasteiger partial charge in [0.1, 0.15) is 6.54 Å². The Morgan fingerprint density at radius 3 is 1.96 bits per heavy atom. The van der Waals surface area contributed by atoms with Crippen molar-refractivity contribution in [3.63, 3.8) is 0 Å². The molecule has 2 atom stereocenters. The van der Waals surface area contributed by atoms with Crippen molar-refractivity contribution in [3.8, 4) is 0 Å². The number of unbranched alkanes of at least 4 members (excludes halogenated alkanes) is 12. The van der Waals surface area contributed by atoms with Crippen LogP contribution in [-0.2, 0) is 0 Å². The van der Waals surface area contributed by atoms with E-state index in [1.807, 2.05) is 6.92 Å². The number of likely N-dealkylation sites (N-methyl/N-ethyl adjacent to an activating group) is 1. The molecule has 0 aromatic rings. The lowest BCUT2D eigenvalue weighted by Gasteiger charge is -2.32. The fourth-order valence-corrected chi connectivity index (χ4v) is 3.94. The Balaban J connectivity index is 1.87. The molecule has 27 heavy (non-hydrogen) atoms. The number of allylic oxidation sites excluding steroid dienone is 2. The van der Waals surface area contributed by atoms with Gasteiger partial charge in [0.15, 0.2) is 12.1 Å². The number of rotatable bonds is 17. The van der Waals surface area contributed by atoms with Gasteiger partial charge < -0.3 is 5.11 Å². The van der Waals surface area contributed by atoms with Crippen molar-refractivity contribution in [2.75, 3.05) is 20.1 Å². The molecule has 158 valence electrons. The lowest BCUT2D eigenvalue weighted by molar-refractivity contribution is -0.865. The van der Waals surface area contributed by atoms with Crippen molar-refractivity contribution >= 4 is 5.84 Å². The maximum absolute atomic E-state index is 10.0. The van der Waals surface area contributed by atoms with Gasteiger partial charge in [-0.2, -0.15) is 0 Å². The van der Waals surface area contributed by atoms with Crippen LogP contribution in [0.15, 0.2) is 17.1 Å². The van der Waals surface area contributed by atoms with Crippen LogP contribution in [0.4, 0.5) is 0 Å². The van der Waals surface area contributed by atoms with E-state index in [2.05, 4.69) is 31.1 Å². The van der Waals surface area contributed by atoms with Gasteiger partial charge in [-0.05, 0) is 32.1 Å². The highest BCUT2D eigenvalue weighted by molar-refractivity contribution is 5.76. The van der Waals surface area contributed by atoms with E-state index < -0.39 is 0 Å². The van der Waals surface area contributed by atoms with Gasteiger partial charge in [0.2, 0.25) is 0 Å². The number of hydrogen-bond donors (Lipinski definition) is 1. The SMILES string of the molecule is CCCCCCCCC=CCCCCCCCCC1=NCC[N+]1(C)C(C)O. The molecule has 0 fully saturated rings. The molecule has 0 spiro atoms. The smallest absolute Gasteiger partial charge is 0.200 e. The van der Waals surface area contributed by atoms with E-state index in [0.29, 0.717) is 4.48 Å². The minimum Gasteiger partial charge on any atom is -0.345 e. The molecule has 1 aliphatic heterocycles. The number of aliphatic hydroxyl groups is 1. The van der Waals surface area contributed by atoms with Crippen LogP contribution < -0.4 is 0 Å². The Morgan fingerprint density at radius 1 is 0.889 bits per heavy atom. The van der Waals surface area contributed by atoms with E-state index >= 15 is 0 Å². The third kappa shape index (κ3) is 10.4. The van der Waals surface area contributed by atoms with Crippen LogP contribution in [-0.4, -0.2) is 41.8 Å². The van der Waals surface area contributed by atoms with Gasteiger partial charge in [0.25, 0.3) is 0 Å². The summed E-state index contributed by atoms with van der Waals surface area (Å²) in [5.74, 6) is 1.21. The van der Waals surface area contributed by atoms with Crippen LogP contribution in [0.5, 0.6) is 0 Å². The van der Waals surface area contributed by atoms with Crippen LogP contribution >= 0.6 is 0 Å². The first-order chi connectivity index (χ1) is 13.1. The van der Waals surface area contributed by atoms with Crippen molar-refractivity contribution in [2.45, 2.75) is 116 Å². The van der Waals surface area contributed by atoms with Crippen LogP contribution in [0.3, 0.4) is 0 Å². The minimum absolute atomic E-state index is 0.333. The molecule has 0 aromatic carbocycles. The molecular formula is C24H47N2O+. The Bertz CT molecular complexity index is 417. The molecule has 1 heterocycles. The Kier molecular flexibility index (Phi) is 13.8. The molecule has 1 aliphatic rings. The first-order valence-electron chi connectivity index (χ1n) is 11.8. The van der Waals surface area contributed by atoms with Crippen molar-refractivity contribution < 1.29 is 9.59 Å². The minimum atomic E-state index is -0.333. The predicted molar refractivity (Wildman–Crippen MR) is 119 cm³/mol. The lowest BCUT2D eigenvalue weighted by Crippen LogP contribution is -2.53. The van der Waals surface area contributed by atoms with Gasteiger partial charge in [-0.25, -0.2) is 4.99 Å². The third-order valence-corrected chi connectivity index (χ3v) is 6.19. The van der Waals surface area contributed by atoms with Crippen molar-refractivity contribution in [1.82, 2.24) is 0 Å². The highest BCUT2D eigenvalue weighted by Gasteiger charge is 2.37. The first-order valence-corrected chi connectivity index (χ1v) is 11.8. The third-order valence-electron chi connectivity index (χ3n) is 6.19. The number of aliphatic imine (C=N–C) groups is 1. The Hall–Kier alpha value is -0.670. The first kappa shape index (κ1) is 24.4. The lowest BCUT2D eigenvalue weighted by atomic mass is 10.1. The normalized spacial score (nSPS) is 21.1. The second-order valence-corrected chi connectivity index (χ2v) is 8.61. The number of amidine groups is 1. The predicted octanol–water partition coefficient (Wildman–Crippen LogP) is 6.61. The largest absolute Gasteiger partial charge is 0.345 e. The summed E-state index contributed by atoms with van der Waals surface area (Å²) >= 11 is 0. The highest BCUT2D eigenvalue weighted by Crippen LogP contribution is 2.20. The second-order valence-electron chi connectivity index (χ2n) is 8.61. The Labute approximate surface area is 169 Å². The summed E-state index contributed by atoms with van der Waals surface area (Å²) in [4.78, 5) is 4.64. The quantitative estimate of drug-likeness (QED) is 0.172. The summed E-state index contributed by atoms with van der Waals surface area (Å²) in [6.07, 6.45) is 24.4. The molecule has 2 unspecified atom stereocenters. The van der Waals surface area contributed by atoms with Gasteiger partial charge in [0.05, 0.1) is 13.6 Å². The van der Waals surface area contributed by atoms with E-state index in [1.54, 1.807) is 0 Å². The zero-order valence-electron chi connectivity index (χ0n) is 18.6. The molecule has 0 bridgehead atoms. The van der Waals surface area contributed by atoms with Crippen molar-refractivity contribution in [2.24, 2.45) is 4.99 Å². The number of quaternary nitrogens is 1. The maximum atomic E-state index is 10.0. The molecule has 1 rings (SSSR count). The number of nitrogens with zero attached hydrogens (tertiary/aromatic N) is 2. The van der Waals surface area contributed by atoms with Gasteiger partial charge in [-0.15, -0.1) is 0 Å². The molecule has 0 amide bonds. The summed E-state index contributed by atoms with van der Waals surface area (Å²) in [5, 5.41) is 10.0. The summed E-state index contributed by atoms with van der Waals surface area (Å²) in [7, 11) is 2.12. The Morgan fingerprint density at radius 2 is 1.41 bits per heavy atom. The van der Waals surface area contributed by atoms with Crippen LogP contribution in [0, 0.1) is 0 Å². The number of hydrogen-bond acceptors (Lipinski definition) is 2. The average Bonchev–Trinajstić information content (AvgIpc) is 3.03. The fourth-order valence-electron chi connectivity index (χ4n) is 3.94. The monoisotopic (exact) mass is 379 g/mol. The molecule has 3 heteroatoms. The molecule has 0 saturated heterocycles. The zero-order chi connectivity index (χ0) is 19.8. The molecule has 1 N–H and O–H groups in total. The van der Waals surface area contributed by atoms with Crippen molar-refractivity contribution in [3.05, 3.63) is 12.2 Å². The fraction of sp³-hybridized carbons (Fsp3) is 0.875. The van der Waals surface area contributed by atoms with Crippen LogP contribution in [0.1, 0.15) is 110 Å². The van der Waals surface area contributed by atoms with E-state index in [1.165, 1.54) is 95.7 Å². The van der Waals surface area contributed by atoms with Gasteiger partial charge in [0, 0.05) is 13.3 Å². The average molecular weight is 380 g/mol. The molecule has 0 aliphatic carbocycles. The van der Waals surface area contributed by atoms with E-state index in [0.717, 1.165) is 19.5 Å². The molecule has 0 aromatic heterocycles. The zero-order valence-corrected chi connectivity index (χ0v) is 18.6. The molecule has 0 radical (unpaired) electrons. The highest BCUT2D eigenvalue weighted by atomic mass is 16.3. The second kappa shape index (κ2) is 15.3. The topological polar surface area (TPSA) is 32.6 Å². The molecular weight excluding hydrogens is 332 g/mol. The van der Waals surface area contributed by atoms with Gasteiger partial charge in [-0.1, -0.05) is 76.9 Å². The summed E-state index contributed by atoms with van der Waals surface area (Å²) < 4.78 is 0.644. The van der Waals surface area contributed by atoms with Crippen LogP contribution in [0.2, 0.25) is 0 Å². The summed E-state index contributed by atoms with van der Waals surface area (Å²) in [6, 6.07) is 0. The summed E-state index contributed by atoms with van der Waals surface area (Å²) in [5.41, 5.74) is 0. The van der Waals surface area contributed by atoms with E-state index in [4.69, 9.17) is 0 Å². The van der Waals surface area contributed by atoms with Crippen molar-refractivity contribution in [1.29, 1.82) is 0 Å². The number of aliphatic hydroxyl groups excluding tert-OH is 1. The van der Waals surface area contributed by atoms with Gasteiger partial charge in [-0.3, -0.25) is 4.48 Å².